The van der Waals surface area contributed by atoms with Gasteiger partial charge in [0.05, 0.1) is 22.8 Å². The number of aliphatic imine (C=N–C) groups is 1. The highest BCUT2D eigenvalue weighted by molar-refractivity contribution is 8.18. The SMILES string of the molecule is CCOC(=O)c1ccc(N=C2NC(=O)/C(=C/c3ccc(Cl)cc3)S2)cc1. The molecule has 1 amide bonds. The van der Waals surface area contributed by atoms with Gasteiger partial charge in [0.1, 0.15) is 0 Å². The fourth-order valence-corrected chi connectivity index (χ4v) is 3.16. The number of rotatable bonds is 4. The van der Waals surface area contributed by atoms with E-state index < -0.39 is 0 Å². The third-order valence-corrected chi connectivity index (χ3v) is 4.59. The van der Waals surface area contributed by atoms with Crippen molar-refractivity contribution in [3.8, 4) is 0 Å². The number of carbonyl (C=O) groups excluding carboxylic acids is 2. The van der Waals surface area contributed by atoms with Crippen LogP contribution < -0.4 is 5.32 Å². The number of ether oxygens (including phenoxy) is 1. The van der Waals surface area contributed by atoms with Gasteiger partial charge in [0, 0.05) is 5.02 Å². The van der Waals surface area contributed by atoms with Crippen molar-refractivity contribution in [1.29, 1.82) is 0 Å². The summed E-state index contributed by atoms with van der Waals surface area (Å²) in [7, 11) is 0. The van der Waals surface area contributed by atoms with Gasteiger partial charge >= 0.3 is 5.97 Å². The van der Waals surface area contributed by atoms with Crippen LogP contribution >= 0.6 is 23.4 Å². The van der Waals surface area contributed by atoms with Gasteiger partial charge in [-0.1, -0.05) is 23.7 Å². The maximum absolute atomic E-state index is 12.1. The van der Waals surface area contributed by atoms with Crippen LogP contribution in [0.15, 0.2) is 58.4 Å². The Kier molecular flexibility index (Phi) is 5.75. The highest BCUT2D eigenvalue weighted by Gasteiger charge is 2.23. The van der Waals surface area contributed by atoms with E-state index in [0.717, 1.165) is 5.56 Å². The van der Waals surface area contributed by atoms with Crippen LogP contribution in [-0.2, 0) is 9.53 Å². The molecule has 2 aromatic rings. The summed E-state index contributed by atoms with van der Waals surface area (Å²) in [5.74, 6) is -0.574. The van der Waals surface area contributed by atoms with E-state index >= 15 is 0 Å². The molecule has 0 atom stereocenters. The maximum atomic E-state index is 12.1. The van der Waals surface area contributed by atoms with Crippen LogP contribution in [0.2, 0.25) is 5.02 Å². The van der Waals surface area contributed by atoms with Crippen molar-refractivity contribution in [2.24, 2.45) is 4.99 Å². The fraction of sp³-hybridized carbons (Fsp3) is 0.105. The summed E-state index contributed by atoms with van der Waals surface area (Å²) >= 11 is 7.12. The van der Waals surface area contributed by atoms with Gasteiger partial charge < -0.3 is 10.1 Å². The number of halogens is 1. The molecule has 1 heterocycles. The second kappa shape index (κ2) is 8.21. The molecule has 0 saturated carbocycles. The molecule has 0 aliphatic carbocycles. The second-order valence-corrected chi connectivity index (χ2v) is 6.77. The monoisotopic (exact) mass is 386 g/mol. The summed E-state index contributed by atoms with van der Waals surface area (Å²) in [4.78, 5) is 28.7. The number of esters is 1. The first-order valence-corrected chi connectivity index (χ1v) is 9.07. The number of nitrogens with zero attached hydrogens (tertiary/aromatic N) is 1. The van der Waals surface area contributed by atoms with Gasteiger partial charge in [-0.05, 0) is 66.7 Å². The van der Waals surface area contributed by atoms with Gasteiger partial charge in [0.2, 0.25) is 0 Å². The molecule has 7 heteroatoms. The summed E-state index contributed by atoms with van der Waals surface area (Å²) < 4.78 is 4.94. The number of amides is 1. The predicted octanol–water partition coefficient (Wildman–Crippen LogP) is 4.41. The van der Waals surface area contributed by atoms with Crippen LogP contribution in [-0.4, -0.2) is 23.7 Å². The molecular formula is C19H15ClN2O3S. The zero-order chi connectivity index (χ0) is 18.5. The number of hydrogen-bond acceptors (Lipinski definition) is 5. The van der Waals surface area contributed by atoms with E-state index in [4.69, 9.17) is 16.3 Å². The van der Waals surface area contributed by atoms with Crippen LogP contribution in [0.25, 0.3) is 6.08 Å². The van der Waals surface area contributed by atoms with Crippen molar-refractivity contribution < 1.29 is 14.3 Å². The molecular weight excluding hydrogens is 372 g/mol. The first-order valence-electron chi connectivity index (χ1n) is 7.87. The minimum Gasteiger partial charge on any atom is -0.462 e. The topological polar surface area (TPSA) is 67.8 Å². The number of hydrogen-bond donors (Lipinski definition) is 1. The average Bonchev–Trinajstić information content (AvgIpc) is 2.97. The lowest BCUT2D eigenvalue weighted by atomic mass is 10.2. The van der Waals surface area contributed by atoms with Crippen molar-refractivity contribution in [2.45, 2.75) is 6.92 Å². The number of carbonyl (C=O) groups is 2. The van der Waals surface area contributed by atoms with Gasteiger partial charge in [-0.3, -0.25) is 4.79 Å². The molecule has 2 aromatic carbocycles. The Labute approximate surface area is 160 Å². The molecule has 0 unspecified atom stereocenters. The van der Waals surface area contributed by atoms with Crippen LogP contribution in [0, 0.1) is 0 Å². The van der Waals surface area contributed by atoms with E-state index in [1.54, 1.807) is 49.4 Å². The van der Waals surface area contributed by atoms with E-state index in [0.29, 0.717) is 33.0 Å². The molecule has 0 radical (unpaired) electrons. The number of thioether (sulfide) groups is 1. The lowest BCUT2D eigenvalue weighted by Gasteiger charge is -2.02. The Balaban J connectivity index is 1.73. The highest BCUT2D eigenvalue weighted by Crippen LogP contribution is 2.28. The van der Waals surface area contributed by atoms with Crippen LogP contribution in [0.4, 0.5) is 5.69 Å². The van der Waals surface area contributed by atoms with Gasteiger partial charge in [-0.25, -0.2) is 9.79 Å². The molecule has 5 nitrogen and oxygen atoms in total. The van der Waals surface area contributed by atoms with E-state index in [2.05, 4.69) is 10.3 Å². The molecule has 0 spiro atoms. The molecule has 1 saturated heterocycles. The standard InChI is InChI=1S/C19H15ClN2O3S/c1-2-25-18(24)13-5-9-15(10-6-13)21-19-22-17(23)16(26-19)11-12-3-7-14(20)8-4-12/h3-11H,2H2,1H3,(H,21,22,23)/b16-11-. The Morgan fingerprint density at radius 2 is 1.88 bits per heavy atom. The van der Waals surface area contributed by atoms with Crippen LogP contribution in [0.5, 0.6) is 0 Å². The lowest BCUT2D eigenvalue weighted by molar-refractivity contribution is -0.115. The van der Waals surface area contributed by atoms with E-state index in [1.165, 1.54) is 11.8 Å². The summed E-state index contributed by atoms with van der Waals surface area (Å²) in [5, 5.41) is 3.86. The normalized spacial score (nSPS) is 16.8. The Morgan fingerprint density at radius 1 is 1.19 bits per heavy atom. The zero-order valence-corrected chi connectivity index (χ0v) is 15.4. The smallest absolute Gasteiger partial charge is 0.338 e. The molecule has 1 aliphatic rings. The van der Waals surface area contributed by atoms with E-state index in [1.807, 2.05) is 12.1 Å². The quantitative estimate of drug-likeness (QED) is 0.624. The minimum absolute atomic E-state index is 0.202. The summed E-state index contributed by atoms with van der Waals surface area (Å²) in [6, 6.07) is 13.9. The molecule has 1 aliphatic heterocycles. The zero-order valence-electron chi connectivity index (χ0n) is 13.9. The van der Waals surface area contributed by atoms with Crippen molar-refractivity contribution >= 4 is 52.2 Å². The third-order valence-electron chi connectivity index (χ3n) is 3.43. The van der Waals surface area contributed by atoms with Crippen molar-refractivity contribution in [1.82, 2.24) is 5.32 Å². The molecule has 1 fully saturated rings. The maximum Gasteiger partial charge on any atom is 0.338 e. The van der Waals surface area contributed by atoms with Crippen LogP contribution in [0.3, 0.4) is 0 Å². The summed E-state index contributed by atoms with van der Waals surface area (Å²) in [6.45, 7) is 2.08. The first kappa shape index (κ1) is 18.2. The molecule has 3 rings (SSSR count). The highest BCUT2D eigenvalue weighted by atomic mass is 35.5. The molecule has 1 N–H and O–H groups in total. The van der Waals surface area contributed by atoms with Crippen molar-refractivity contribution in [3.05, 3.63) is 69.6 Å². The van der Waals surface area contributed by atoms with E-state index in [9.17, 15) is 9.59 Å². The Bertz CT molecular complexity index is 890. The van der Waals surface area contributed by atoms with Gasteiger partial charge in [0.15, 0.2) is 5.17 Å². The Morgan fingerprint density at radius 3 is 2.54 bits per heavy atom. The van der Waals surface area contributed by atoms with Gasteiger partial charge in [0.25, 0.3) is 5.91 Å². The fourth-order valence-electron chi connectivity index (χ4n) is 2.19. The summed E-state index contributed by atoms with van der Waals surface area (Å²) in [6.07, 6.45) is 1.78. The summed E-state index contributed by atoms with van der Waals surface area (Å²) in [5.41, 5.74) is 1.97. The number of amidine groups is 1. The molecule has 132 valence electrons. The van der Waals surface area contributed by atoms with E-state index in [-0.39, 0.29) is 11.9 Å². The minimum atomic E-state index is -0.372. The predicted molar refractivity (Wildman–Crippen MR) is 105 cm³/mol. The second-order valence-electron chi connectivity index (χ2n) is 5.30. The van der Waals surface area contributed by atoms with Crippen molar-refractivity contribution in [3.63, 3.8) is 0 Å². The van der Waals surface area contributed by atoms with Gasteiger partial charge in [-0.15, -0.1) is 0 Å². The van der Waals surface area contributed by atoms with Crippen molar-refractivity contribution in [2.75, 3.05) is 6.61 Å². The molecule has 0 bridgehead atoms. The molecule has 0 aromatic heterocycles. The Hall–Kier alpha value is -2.57. The number of benzene rings is 2. The van der Waals surface area contributed by atoms with Crippen LogP contribution in [0.1, 0.15) is 22.8 Å². The van der Waals surface area contributed by atoms with Gasteiger partial charge in [-0.2, -0.15) is 0 Å². The number of nitrogens with one attached hydrogen (secondary N) is 1. The largest absolute Gasteiger partial charge is 0.462 e. The first-order chi connectivity index (χ1) is 12.5. The lowest BCUT2D eigenvalue weighted by Crippen LogP contribution is -2.19. The third kappa shape index (κ3) is 4.53. The average molecular weight is 387 g/mol. The molecule has 26 heavy (non-hydrogen) atoms.